The molecule has 35 heavy (non-hydrogen) atoms. The summed E-state index contributed by atoms with van der Waals surface area (Å²) < 4.78 is 41.1. The molecule has 3 rings (SSSR count). The number of ether oxygens (including phenoxy) is 2. The average Bonchev–Trinajstić information content (AvgIpc) is 3.20. The minimum atomic E-state index is -0.791. The van der Waals surface area contributed by atoms with Crippen molar-refractivity contribution in [3.8, 4) is 17.3 Å². The predicted octanol–water partition coefficient (Wildman–Crippen LogP) is 5.50. The average molecular weight is 488 g/mol. The number of nitrogens with zero attached hydrogens (tertiary/aromatic N) is 3. The molecule has 0 aliphatic heterocycles. The maximum Gasteiger partial charge on any atom is 0.227 e. The molecule has 0 saturated carbocycles. The van der Waals surface area contributed by atoms with Crippen LogP contribution in [0.1, 0.15) is 44.4 Å². The van der Waals surface area contributed by atoms with Gasteiger partial charge in [0.15, 0.2) is 11.6 Å². The van der Waals surface area contributed by atoms with Gasteiger partial charge < -0.3 is 14.6 Å². The molecule has 0 fully saturated rings. The summed E-state index contributed by atoms with van der Waals surface area (Å²) in [5.41, 5.74) is 2.35. The number of rotatable bonds is 14. The van der Waals surface area contributed by atoms with Crippen LogP contribution in [0.2, 0.25) is 0 Å². The first-order valence-corrected chi connectivity index (χ1v) is 12.1. The molecular formula is C27H35F2N3O3. The topological polar surface area (TPSA) is 59.8 Å². The van der Waals surface area contributed by atoms with E-state index in [9.17, 15) is 13.9 Å². The summed E-state index contributed by atoms with van der Waals surface area (Å²) in [4.78, 5) is 2.10. The van der Waals surface area contributed by atoms with Crippen LogP contribution in [0, 0.1) is 11.6 Å². The molecule has 190 valence electrons. The van der Waals surface area contributed by atoms with Gasteiger partial charge in [0.05, 0.1) is 29.7 Å². The maximum absolute atomic E-state index is 14.6. The number of halogens is 2. The van der Waals surface area contributed by atoms with Crippen molar-refractivity contribution in [1.82, 2.24) is 14.7 Å². The Kier molecular flexibility index (Phi) is 10.2. The highest BCUT2D eigenvalue weighted by molar-refractivity contribution is 5.44. The summed E-state index contributed by atoms with van der Waals surface area (Å²) >= 11 is 0. The lowest BCUT2D eigenvalue weighted by Gasteiger charge is -2.25. The lowest BCUT2D eigenvalue weighted by atomic mass is 10.1. The number of methoxy groups -OCH3 is 1. The molecule has 1 unspecified atom stereocenters. The second-order valence-corrected chi connectivity index (χ2v) is 8.53. The van der Waals surface area contributed by atoms with Gasteiger partial charge in [0.2, 0.25) is 5.88 Å². The van der Waals surface area contributed by atoms with Gasteiger partial charge in [0.1, 0.15) is 5.82 Å². The molecule has 2 aromatic carbocycles. The van der Waals surface area contributed by atoms with Crippen molar-refractivity contribution in [2.24, 2.45) is 0 Å². The lowest BCUT2D eigenvalue weighted by molar-refractivity contribution is 0.0786. The zero-order valence-corrected chi connectivity index (χ0v) is 20.7. The molecule has 0 aliphatic carbocycles. The standard InChI is InChI=1S/C27H35F2N3O3/c1-4-6-12-22(33)18-31(15-16-34-3)19-23-25(5-2)30-32(21-10-8-7-9-11-21)27(23)35-26-14-13-20(28)17-24(26)29/h7-11,13-14,17,22,33H,4-6,12,15-16,18-19H2,1-3H3. The van der Waals surface area contributed by atoms with E-state index in [0.717, 1.165) is 41.9 Å². The molecule has 8 heteroatoms. The number of aryl methyl sites for hydroxylation is 1. The Morgan fingerprint density at radius 1 is 1.11 bits per heavy atom. The van der Waals surface area contributed by atoms with Crippen LogP contribution in [0.4, 0.5) is 8.78 Å². The van der Waals surface area contributed by atoms with Crippen LogP contribution in [0.3, 0.4) is 0 Å². The Bertz CT molecular complexity index is 1060. The molecule has 0 bridgehead atoms. The molecule has 3 aromatic rings. The van der Waals surface area contributed by atoms with E-state index in [0.29, 0.717) is 45.0 Å². The highest BCUT2D eigenvalue weighted by Gasteiger charge is 2.24. The Balaban J connectivity index is 2.02. The van der Waals surface area contributed by atoms with E-state index in [1.54, 1.807) is 11.8 Å². The van der Waals surface area contributed by atoms with Crippen molar-refractivity contribution < 1.29 is 23.4 Å². The van der Waals surface area contributed by atoms with Crippen LogP contribution in [-0.2, 0) is 17.7 Å². The number of hydrogen-bond acceptors (Lipinski definition) is 5. The number of unbranched alkanes of at least 4 members (excludes halogenated alkanes) is 1. The maximum atomic E-state index is 14.6. The molecule has 1 heterocycles. The Morgan fingerprint density at radius 3 is 2.54 bits per heavy atom. The van der Waals surface area contributed by atoms with Gasteiger partial charge in [-0.1, -0.05) is 44.9 Å². The molecule has 0 spiro atoms. The highest BCUT2D eigenvalue weighted by atomic mass is 19.1. The number of aliphatic hydroxyl groups is 1. The zero-order valence-electron chi connectivity index (χ0n) is 20.7. The van der Waals surface area contributed by atoms with Crippen molar-refractivity contribution in [3.63, 3.8) is 0 Å². The van der Waals surface area contributed by atoms with Crippen molar-refractivity contribution in [2.75, 3.05) is 26.8 Å². The van der Waals surface area contributed by atoms with Gasteiger partial charge in [-0.15, -0.1) is 0 Å². The first kappa shape index (κ1) is 26.8. The fourth-order valence-electron chi connectivity index (χ4n) is 3.94. The first-order chi connectivity index (χ1) is 17.0. The van der Waals surface area contributed by atoms with Crippen LogP contribution in [0.15, 0.2) is 48.5 Å². The van der Waals surface area contributed by atoms with E-state index in [-0.39, 0.29) is 5.75 Å². The number of hydrogen-bond donors (Lipinski definition) is 1. The second-order valence-electron chi connectivity index (χ2n) is 8.53. The van der Waals surface area contributed by atoms with E-state index < -0.39 is 17.7 Å². The molecule has 1 N–H and O–H groups in total. The quantitative estimate of drug-likeness (QED) is 0.325. The molecule has 0 radical (unpaired) electrons. The van der Waals surface area contributed by atoms with E-state index in [4.69, 9.17) is 14.6 Å². The van der Waals surface area contributed by atoms with Gasteiger partial charge in [0, 0.05) is 32.8 Å². The summed E-state index contributed by atoms with van der Waals surface area (Å²) in [5.74, 6) is -1.18. The minimum absolute atomic E-state index is 0.0844. The molecule has 1 atom stereocenters. The minimum Gasteiger partial charge on any atom is -0.435 e. The Labute approximate surface area is 206 Å². The fourth-order valence-corrected chi connectivity index (χ4v) is 3.94. The van der Waals surface area contributed by atoms with Gasteiger partial charge in [-0.2, -0.15) is 5.10 Å². The van der Waals surface area contributed by atoms with Crippen LogP contribution >= 0.6 is 0 Å². The van der Waals surface area contributed by atoms with Crippen molar-refractivity contribution in [2.45, 2.75) is 52.2 Å². The lowest BCUT2D eigenvalue weighted by Crippen LogP contribution is -2.34. The third kappa shape index (κ3) is 7.34. The Hall–Kier alpha value is -2.81. The van der Waals surface area contributed by atoms with Crippen LogP contribution in [0.5, 0.6) is 11.6 Å². The second kappa shape index (κ2) is 13.3. The number of aromatic nitrogens is 2. The summed E-state index contributed by atoms with van der Waals surface area (Å²) in [6.07, 6.45) is 2.84. The third-order valence-electron chi connectivity index (χ3n) is 5.81. The predicted molar refractivity (Wildman–Crippen MR) is 132 cm³/mol. The SMILES string of the molecule is CCCCC(O)CN(CCOC)Cc1c(CC)nn(-c2ccccc2)c1Oc1ccc(F)cc1F. The smallest absolute Gasteiger partial charge is 0.227 e. The molecule has 1 aromatic heterocycles. The van der Waals surface area contributed by atoms with Gasteiger partial charge in [-0.25, -0.2) is 13.5 Å². The van der Waals surface area contributed by atoms with Crippen molar-refractivity contribution in [1.29, 1.82) is 0 Å². The van der Waals surface area contributed by atoms with E-state index in [1.165, 1.54) is 6.07 Å². The molecule has 6 nitrogen and oxygen atoms in total. The molecular weight excluding hydrogens is 452 g/mol. The number of benzene rings is 2. The van der Waals surface area contributed by atoms with Gasteiger partial charge in [0.25, 0.3) is 0 Å². The van der Waals surface area contributed by atoms with Gasteiger partial charge in [-0.05, 0) is 37.1 Å². The third-order valence-corrected chi connectivity index (χ3v) is 5.81. The van der Waals surface area contributed by atoms with Crippen LogP contribution in [-0.4, -0.2) is 52.7 Å². The Morgan fingerprint density at radius 2 is 1.89 bits per heavy atom. The summed E-state index contributed by atoms with van der Waals surface area (Å²) in [7, 11) is 1.64. The van der Waals surface area contributed by atoms with Gasteiger partial charge >= 0.3 is 0 Å². The number of aliphatic hydroxyl groups excluding tert-OH is 1. The summed E-state index contributed by atoms with van der Waals surface area (Å²) in [6, 6.07) is 12.7. The molecule has 0 saturated heterocycles. The van der Waals surface area contributed by atoms with Crippen molar-refractivity contribution in [3.05, 3.63) is 71.4 Å². The largest absolute Gasteiger partial charge is 0.435 e. The zero-order chi connectivity index (χ0) is 25.2. The van der Waals surface area contributed by atoms with Crippen LogP contribution in [0.25, 0.3) is 5.69 Å². The highest BCUT2D eigenvalue weighted by Crippen LogP contribution is 2.33. The monoisotopic (exact) mass is 487 g/mol. The summed E-state index contributed by atoms with van der Waals surface area (Å²) in [6.45, 7) is 6.09. The molecule has 0 aliphatic rings. The van der Waals surface area contributed by atoms with E-state index in [2.05, 4.69) is 11.8 Å². The molecule has 0 amide bonds. The number of para-hydroxylation sites is 1. The normalized spacial score (nSPS) is 12.3. The van der Waals surface area contributed by atoms with Gasteiger partial charge in [-0.3, -0.25) is 4.90 Å². The fraction of sp³-hybridized carbons (Fsp3) is 0.444. The van der Waals surface area contributed by atoms with Crippen molar-refractivity contribution >= 4 is 0 Å². The van der Waals surface area contributed by atoms with E-state index in [1.807, 2.05) is 37.3 Å². The summed E-state index contributed by atoms with van der Waals surface area (Å²) in [5, 5.41) is 15.4. The van der Waals surface area contributed by atoms with E-state index >= 15 is 0 Å². The van der Waals surface area contributed by atoms with Crippen LogP contribution < -0.4 is 4.74 Å². The first-order valence-electron chi connectivity index (χ1n) is 12.1.